The van der Waals surface area contributed by atoms with Gasteiger partial charge in [-0.15, -0.1) is 11.3 Å². The summed E-state index contributed by atoms with van der Waals surface area (Å²) in [7, 11) is 0. The monoisotopic (exact) mass is 446 g/mol. The molecule has 0 spiro atoms. The first-order valence-electron chi connectivity index (χ1n) is 9.67. The number of benzene rings is 1. The van der Waals surface area contributed by atoms with Crippen molar-refractivity contribution in [2.24, 2.45) is 5.92 Å². The van der Waals surface area contributed by atoms with Gasteiger partial charge in [-0.05, 0) is 36.6 Å². The van der Waals surface area contributed by atoms with Crippen molar-refractivity contribution >= 4 is 33.2 Å². The second-order valence-electron chi connectivity index (χ2n) is 7.65. The van der Waals surface area contributed by atoms with Gasteiger partial charge in [0, 0.05) is 12.1 Å². The van der Waals surface area contributed by atoms with Crippen LogP contribution in [0.25, 0.3) is 16.0 Å². The Labute approximate surface area is 178 Å². The van der Waals surface area contributed by atoms with Gasteiger partial charge in [0.15, 0.2) is 5.67 Å². The van der Waals surface area contributed by atoms with E-state index < -0.39 is 23.7 Å². The van der Waals surface area contributed by atoms with Crippen LogP contribution in [0.3, 0.4) is 0 Å². The van der Waals surface area contributed by atoms with Crippen LogP contribution in [0, 0.1) is 5.92 Å². The fourth-order valence-corrected chi connectivity index (χ4v) is 4.72. The number of amides is 1. The molecular weight excluding hydrogens is 429 g/mol. The first kappa shape index (κ1) is 19.9. The molecule has 0 saturated carbocycles. The number of piperidine rings is 1. The fourth-order valence-electron chi connectivity index (χ4n) is 4.01. The summed E-state index contributed by atoms with van der Waals surface area (Å²) in [4.78, 5) is 26.4. The average molecular weight is 446 g/mol. The highest BCUT2D eigenvalue weighted by Crippen LogP contribution is 2.41. The van der Waals surface area contributed by atoms with E-state index in [2.05, 4.69) is 20.1 Å². The minimum atomic E-state index is -2.88. The standard InChI is InChI=1S/C20H17F3N6OS/c1-11-4-5-28(18(30)12-2-3-13-15(6-12)31-10-25-13)8-20(11,23)16-7-14(17(21)22)27-19-24-9-26-29(16)19/h2-3,6-7,9-11,17H,4-5,8H2,1H3/t11-,20+/m0/s1. The van der Waals surface area contributed by atoms with Gasteiger partial charge in [0.05, 0.1) is 28.0 Å². The zero-order chi connectivity index (χ0) is 21.8. The number of halogens is 3. The number of carbonyl (C=O) groups excluding carboxylic acids is 1. The van der Waals surface area contributed by atoms with Gasteiger partial charge in [0.2, 0.25) is 0 Å². The maximum Gasteiger partial charge on any atom is 0.280 e. The van der Waals surface area contributed by atoms with Gasteiger partial charge in [0.25, 0.3) is 18.1 Å². The largest absolute Gasteiger partial charge is 0.335 e. The lowest BCUT2D eigenvalue weighted by atomic mass is 9.81. The Bertz CT molecular complexity index is 1290. The summed E-state index contributed by atoms with van der Waals surface area (Å²) in [6.07, 6.45) is -1.37. The molecule has 0 bridgehead atoms. The van der Waals surface area contributed by atoms with Crippen molar-refractivity contribution in [3.63, 3.8) is 0 Å². The minimum Gasteiger partial charge on any atom is -0.335 e. The van der Waals surface area contributed by atoms with Crippen molar-refractivity contribution in [1.29, 1.82) is 0 Å². The molecule has 0 unspecified atom stereocenters. The van der Waals surface area contributed by atoms with Crippen LogP contribution in [-0.2, 0) is 5.67 Å². The van der Waals surface area contributed by atoms with E-state index in [0.29, 0.717) is 18.5 Å². The quantitative estimate of drug-likeness (QED) is 0.475. The van der Waals surface area contributed by atoms with Crippen LogP contribution in [-0.4, -0.2) is 48.5 Å². The molecule has 1 saturated heterocycles. The van der Waals surface area contributed by atoms with Gasteiger partial charge in [-0.1, -0.05) is 6.92 Å². The lowest BCUT2D eigenvalue weighted by molar-refractivity contribution is -0.00576. The van der Waals surface area contributed by atoms with E-state index in [1.807, 2.05) is 0 Å². The molecule has 1 aromatic carbocycles. The smallest absolute Gasteiger partial charge is 0.280 e. The fraction of sp³-hybridized carbons (Fsp3) is 0.350. The normalized spacial score (nSPS) is 22.0. The number of hydrogen-bond donors (Lipinski definition) is 0. The first-order valence-corrected chi connectivity index (χ1v) is 10.6. The van der Waals surface area contributed by atoms with Crippen molar-refractivity contribution in [2.75, 3.05) is 13.1 Å². The Morgan fingerprint density at radius 1 is 1.29 bits per heavy atom. The molecule has 4 aromatic rings. The number of rotatable bonds is 3. The van der Waals surface area contributed by atoms with Crippen LogP contribution in [0.15, 0.2) is 36.1 Å². The molecule has 31 heavy (non-hydrogen) atoms. The van der Waals surface area contributed by atoms with E-state index in [1.54, 1.807) is 30.6 Å². The van der Waals surface area contributed by atoms with E-state index in [-0.39, 0.29) is 23.9 Å². The third-order valence-electron chi connectivity index (χ3n) is 5.82. The molecule has 1 amide bonds. The van der Waals surface area contributed by atoms with E-state index in [0.717, 1.165) is 27.1 Å². The van der Waals surface area contributed by atoms with Crippen molar-refractivity contribution in [1.82, 2.24) is 29.5 Å². The van der Waals surface area contributed by atoms with E-state index in [4.69, 9.17) is 0 Å². The van der Waals surface area contributed by atoms with Gasteiger partial charge in [0.1, 0.15) is 12.0 Å². The van der Waals surface area contributed by atoms with Gasteiger partial charge in [-0.25, -0.2) is 23.1 Å². The Morgan fingerprint density at radius 2 is 2.13 bits per heavy atom. The maximum absolute atomic E-state index is 16.5. The molecule has 0 N–H and O–H groups in total. The first-order chi connectivity index (χ1) is 14.9. The second-order valence-corrected chi connectivity index (χ2v) is 8.54. The van der Waals surface area contributed by atoms with Crippen molar-refractivity contribution in [3.05, 3.63) is 53.1 Å². The number of likely N-dealkylation sites (tertiary alicyclic amines) is 1. The number of nitrogens with zero attached hydrogens (tertiary/aromatic N) is 6. The number of fused-ring (bicyclic) bond motifs is 2. The number of hydrogen-bond acceptors (Lipinski definition) is 6. The third-order valence-corrected chi connectivity index (χ3v) is 6.61. The number of carbonyl (C=O) groups is 1. The van der Waals surface area contributed by atoms with Crippen LogP contribution < -0.4 is 0 Å². The average Bonchev–Trinajstić information content (AvgIpc) is 3.42. The van der Waals surface area contributed by atoms with Gasteiger partial charge < -0.3 is 4.90 Å². The molecule has 5 rings (SSSR count). The molecule has 1 fully saturated rings. The zero-order valence-corrected chi connectivity index (χ0v) is 17.2. The summed E-state index contributed by atoms with van der Waals surface area (Å²) in [6, 6.07) is 6.19. The molecule has 7 nitrogen and oxygen atoms in total. The Kier molecular flexibility index (Phi) is 4.65. The number of thiazole rings is 1. The Morgan fingerprint density at radius 3 is 2.94 bits per heavy atom. The van der Waals surface area contributed by atoms with Crippen LogP contribution >= 0.6 is 11.3 Å². The number of alkyl halides is 3. The predicted octanol–water partition coefficient (Wildman–Crippen LogP) is 4.02. The molecule has 0 aliphatic carbocycles. The Balaban J connectivity index is 1.54. The van der Waals surface area contributed by atoms with E-state index >= 15 is 4.39 Å². The summed E-state index contributed by atoms with van der Waals surface area (Å²) < 4.78 is 45.3. The van der Waals surface area contributed by atoms with Crippen molar-refractivity contribution in [2.45, 2.75) is 25.4 Å². The maximum atomic E-state index is 16.5. The third kappa shape index (κ3) is 3.23. The molecule has 1 aliphatic rings. The second kappa shape index (κ2) is 7.26. The SMILES string of the molecule is C[C@H]1CCN(C(=O)c2ccc3ncsc3c2)C[C@]1(F)c1cc(C(F)F)nc2ncnn12. The lowest BCUT2D eigenvalue weighted by Gasteiger charge is -2.42. The highest BCUT2D eigenvalue weighted by Gasteiger charge is 2.47. The zero-order valence-electron chi connectivity index (χ0n) is 16.4. The molecule has 160 valence electrons. The summed E-state index contributed by atoms with van der Waals surface area (Å²) in [5.74, 6) is -0.945. The molecule has 11 heteroatoms. The lowest BCUT2D eigenvalue weighted by Crippen LogP contribution is -2.51. The van der Waals surface area contributed by atoms with E-state index in [1.165, 1.54) is 16.2 Å². The summed E-state index contributed by atoms with van der Waals surface area (Å²) in [6.45, 7) is 1.78. The van der Waals surface area contributed by atoms with Crippen LogP contribution in [0.5, 0.6) is 0 Å². The summed E-state index contributed by atoms with van der Waals surface area (Å²) in [5, 5.41) is 3.98. The molecule has 0 radical (unpaired) electrons. The van der Waals surface area contributed by atoms with Crippen LogP contribution in [0.4, 0.5) is 13.2 Å². The minimum absolute atomic E-state index is 0.0757. The molecule has 1 aliphatic heterocycles. The van der Waals surface area contributed by atoms with Crippen LogP contribution in [0.2, 0.25) is 0 Å². The van der Waals surface area contributed by atoms with Crippen molar-refractivity contribution in [3.8, 4) is 0 Å². The Hall–Kier alpha value is -3.08. The topological polar surface area (TPSA) is 76.3 Å². The van der Waals surface area contributed by atoms with Gasteiger partial charge in [-0.2, -0.15) is 14.6 Å². The molecular formula is C20H17F3N6OS. The van der Waals surface area contributed by atoms with E-state index in [9.17, 15) is 13.6 Å². The predicted molar refractivity (Wildman–Crippen MR) is 108 cm³/mol. The molecule has 2 atom stereocenters. The molecule has 3 aromatic heterocycles. The summed E-state index contributed by atoms with van der Waals surface area (Å²) in [5.41, 5.74) is 0.177. The van der Waals surface area contributed by atoms with Crippen molar-refractivity contribution < 1.29 is 18.0 Å². The van der Waals surface area contributed by atoms with Crippen LogP contribution in [0.1, 0.15) is 41.5 Å². The highest BCUT2D eigenvalue weighted by atomic mass is 32.1. The highest BCUT2D eigenvalue weighted by molar-refractivity contribution is 7.16. The van der Waals surface area contributed by atoms with Gasteiger partial charge >= 0.3 is 0 Å². The summed E-state index contributed by atoms with van der Waals surface area (Å²) >= 11 is 1.42. The van der Waals surface area contributed by atoms with Gasteiger partial charge in [-0.3, -0.25) is 4.79 Å². The number of aromatic nitrogens is 5. The molecule has 4 heterocycles.